The largest absolute Gasteiger partial charge is 0.192 e. The lowest BCUT2D eigenvalue weighted by atomic mass is 9.85. The Bertz CT molecular complexity index is 366. The number of nitriles is 1. The highest BCUT2D eigenvalue weighted by molar-refractivity contribution is 5.32. The fourth-order valence-electron chi connectivity index (χ4n) is 2.72. The van der Waals surface area contributed by atoms with Crippen LogP contribution in [0.4, 0.5) is 0 Å². The molecular formula is C17H25N. The van der Waals surface area contributed by atoms with Crippen LogP contribution in [0.3, 0.4) is 0 Å². The fraction of sp³-hybridized carbons (Fsp3) is 0.588. The highest BCUT2D eigenvalue weighted by atomic mass is 14.2. The third-order valence-electron chi connectivity index (χ3n) is 3.69. The summed E-state index contributed by atoms with van der Waals surface area (Å²) < 4.78 is 0. The predicted molar refractivity (Wildman–Crippen MR) is 77.5 cm³/mol. The van der Waals surface area contributed by atoms with Gasteiger partial charge in [-0.1, -0.05) is 58.6 Å². The molecule has 1 rings (SSSR count). The molecule has 0 radical (unpaired) electrons. The summed E-state index contributed by atoms with van der Waals surface area (Å²) in [5, 5.41) is 8.80. The first-order chi connectivity index (χ1) is 8.71. The number of hydrogen-bond donors (Lipinski definition) is 0. The maximum atomic E-state index is 8.80. The van der Waals surface area contributed by atoms with Gasteiger partial charge in [-0.05, 0) is 36.0 Å². The van der Waals surface area contributed by atoms with Gasteiger partial charge in [0.05, 0.1) is 11.6 Å². The Kier molecular flexibility index (Phi) is 6.50. The van der Waals surface area contributed by atoms with Crippen LogP contribution in [0, 0.1) is 17.2 Å². The smallest absolute Gasteiger partial charge is 0.0991 e. The van der Waals surface area contributed by atoms with Gasteiger partial charge < -0.3 is 0 Å². The number of benzene rings is 1. The molecule has 1 aromatic carbocycles. The molecule has 0 amide bonds. The van der Waals surface area contributed by atoms with E-state index in [1.165, 1.54) is 37.7 Å². The second kappa shape index (κ2) is 7.93. The van der Waals surface area contributed by atoms with Crippen molar-refractivity contribution in [2.24, 2.45) is 5.92 Å². The van der Waals surface area contributed by atoms with Crippen LogP contribution in [0.25, 0.3) is 0 Å². The zero-order valence-corrected chi connectivity index (χ0v) is 11.9. The number of hydrogen-bond acceptors (Lipinski definition) is 1. The van der Waals surface area contributed by atoms with Crippen LogP contribution < -0.4 is 0 Å². The second-order valence-electron chi connectivity index (χ2n) is 5.31. The lowest BCUT2D eigenvalue weighted by Crippen LogP contribution is -2.05. The second-order valence-corrected chi connectivity index (χ2v) is 5.31. The van der Waals surface area contributed by atoms with Crippen molar-refractivity contribution in [3.8, 4) is 6.07 Å². The zero-order chi connectivity index (χ0) is 13.4. The van der Waals surface area contributed by atoms with Gasteiger partial charge >= 0.3 is 0 Å². The van der Waals surface area contributed by atoms with E-state index in [9.17, 15) is 0 Å². The van der Waals surface area contributed by atoms with Crippen LogP contribution >= 0.6 is 0 Å². The van der Waals surface area contributed by atoms with Gasteiger partial charge in [0, 0.05) is 0 Å². The van der Waals surface area contributed by atoms with Crippen molar-refractivity contribution in [1.29, 1.82) is 5.26 Å². The topological polar surface area (TPSA) is 23.8 Å². The van der Waals surface area contributed by atoms with Gasteiger partial charge in [0.15, 0.2) is 0 Å². The van der Waals surface area contributed by atoms with E-state index < -0.39 is 0 Å². The first kappa shape index (κ1) is 14.8. The Hall–Kier alpha value is -1.29. The van der Waals surface area contributed by atoms with Crippen LogP contribution in [-0.4, -0.2) is 0 Å². The van der Waals surface area contributed by atoms with E-state index in [0.29, 0.717) is 5.92 Å². The summed E-state index contributed by atoms with van der Waals surface area (Å²) in [6, 6.07) is 10.3. The minimum absolute atomic E-state index is 0.598. The average molecular weight is 243 g/mol. The molecule has 18 heavy (non-hydrogen) atoms. The maximum Gasteiger partial charge on any atom is 0.0991 e. The zero-order valence-electron chi connectivity index (χ0n) is 11.9. The first-order valence-electron chi connectivity index (χ1n) is 7.21. The van der Waals surface area contributed by atoms with Gasteiger partial charge in [0.25, 0.3) is 0 Å². The Morgan fingerprint density at radius 3 is 2.06 bits per heavy atom. The Labute approximate surface area is 112 Å². The van der Waals surface area contributed by atoms with E-state index >= 15 is 0 Å². The molecule has 0 spiro atoms. The molecule has 0 aliphatic heterocycles. The minimum Gasteiger partial charge on any atom is -0.192 e. The third-order valence-corrected chi connectivity index (χ3v) is 3.69. The van der Waals surface area contributed by atoms with Gasteiger partial charge in [-0.15, -0.1) is 0 Å². The van der Waals surface area contributed by atoms with Crippen molar-refractivity contribution in [3.05, 3.63) is 35.4 Å². The van der Waals surface area contributed by atoms with Crippen molar-refractivity contribution in [2.45, 2.75) is 58.8 Å². The molecule has 0 fully saturated rings. The van der Waals surface area contributed by atoms with E-state index in [0.717, 1.165) is 11.5 Å². The van der Waals surface area contributed by atoms with E-state index in [2.05, 4.69) is 39.0 Å². The van der Waals surface area contributed by atoms with Crippen molar-refractivity contribution in [2.75, 3.05) is 0 Å². The standard InChI is InChI=1S/C17H25N/c1-4-6-15(7-5-2)12-14(3)17-10-8-16(13-18)9-11-17/h8-11,14-15H,4-7,12H2,1-3H3. The number of rotatable bonds is 7. The molecular weight excluding hydrogens is 218 g/mol. The first-order valence-corrected chi connectivity index (χ1v) is 7.21. The molecule has 1 heteroatoms. The third kappa shape index (κ3) is 4.53. The Morgan fingerprint density at radius 2 is 1.61 bits per heavy atom. The molecule has 1 unspecified atom stereocenters. The Balaban J connectivity index is 2.61. The summed E-state index contributed by atoms with van der Waals surface area (Å²) in [5.74, 6) is 1.45. The lowest BCUT2D eigenvalue weighted by molar-refractivity contribution is 0.385. The monoisotopic (exact) mass is 243 g/mol. The van der Waals surface area contributed by atoms with Gasteiger partial charge in [-0.25, -0.2) is 0 Å². The quantitative estimate of drug-likeness (QED) is 0.640. The fourth-order valence-corrected chi connectivity index (χ4v) is 2.72. The molecule has 0 aliphatic rings. The molecule has 0 bridgehead atoms. The van der Waals surface area contributed by atoms with Crippen molar-refractivity contribution >= 4 is 0 Å². The molecule has 1 aromatic rings. The van der Waals surface area contributed by atoms with Gasteiger partial charge in [-0.2, -0.15) is 5.26 Å². The lowest BCUT2D eigenvalue weighted by Gasteiger charge is -2.20. The summed E-state index contributed by atoms with van der Waals surface area (Å²) >= 11 is 0. The molecule has 98 valence electrons. The summed E-state index contributed by atoms with van der Waals surface area (Å²) in [6.45, 7) is 6.85. The molecule has 0 aromatic heterocycles. The van der Waals surface area contributed by atoms with Gasteiger partial charge in [0.2, 0.25) is 0 Å². The number of nitrogens with zero attached hydrogens (tertiary/aromatic N) is 1. The summed E-state index contributed by atoms with van der Waals surface area (Å²) in [7, 11) is 0. The van der Waals surface area contributed by atoms with Crippen molar-refractivity contribution in [1.82, 2.24) is 0 Å². The van der Waals surface area contributed by atoms with Crippen LogP contribution in [0.5, 0.6) is 0 Å². The normalized spacial score (nSPS) is 12.4. The van der Waals surface area contributed by atoms with Crippen molar-refractivity contribution < 1.29 is 0 Å². The van der Waals surface area contributed by atoms with E-state index in [1.807, 2.05) is 12.1 Å². The highest BCUT2D eigenvalue weighted by Crippen LogP contribution is 2.28. The average Bonchev–Trinajstić information content (AvgIpc) is 2.39. The molecule has 0 aliphatic carbocycles. The minimum atomic E-state index is 0.598. The molecule has 0 heterocycles. The van der Waals surface area contributed by atoms with Gasteiger partial charge in [-0.3, -0.25) is 0 Å². The Morgan fingerprint density at radius 1 is 1.06 bits per heavy atom. The summed E-state index contributed by atoms with van der Waals surface area (Å²) in [4.78, 5) is 0. The van der Waals surface area contributed by atoms with E-state index in [1.54, 1.807) is 0 Å². The summed E-state index contributed by atoms with van der Waals surface area (Å²) in [6.07, 6.45) is 6.52. The van der Waals surface area contributed by atoms with Crippen LogP contribution in [0.2, 0.25) is 0 Å². The van der Waals surface area contributed by atoms with Crippen LogP contribution in [0.15, 0.2) is 24.3 Å². The maximum absolute atomic E-state index is 8.80. The van der Waals surface area contributed by atoms with E-state index in [-0.39, 0.29) is 0 Å². The van der Waals surface area contributed by atoms with Crippen molar-refractivity contribution in [3.63, 3.8) is 0 Å². The molecule has 0 saturated carbocycles. The highest BCUT2D eigenvalue weighted by Gasteiger charge is 2.13. The molecule has 0 saturated heterocycles. The molecule has 0 N–H and O–H groups in total. The molecule has 1 atom stereocenters. The summed E-state index contributed by atoms with van der Waals surface area (Å²) in [5.41, 5.74) is 2.12. The van der Waals surface area contributed by atoms with Crippen LogP contribution in [-0.2, 0) is 0 Å². The van der Waals surface area contributed by atoms with Gasteiger partial charge in [0.1, 0.15) is 0 Å². The van der Waals surface area contributed by atoms with Crippen LogP contribution in [0.1, 0.15) is 69.9 Å². The molecule has 1 nitrogen and oxygen atoms in total. The predicted octanol–water partition coefficient (Wildman–Crippen LogP) is 5.27. The SMILES string of the molecule is CCCC(CCC)CC(C)c1ccc(C#N)cc1. The van der Waals surface area contributed by atoms with E-state index in [4.69, 9.17) is 5.26 Å².